The number of hydrogen-bond acceptors (Lipinski definition) is 9. The van der Waals surface area contributed by atoms with Crippen LogP contribution in [0.3, 0.4) is 0 Å². The summed E-state index contributed by atoms with van der Waals surface area (Å²) in [5, 5.41) is 0. The third-order valence-corrected chi connectivity index (χ3v) is 6.54. The Balaban J connectivity index is 1.19. The second-order valence-electron chi connectivity index (χ2n) is 9.95. The van der Waals surface area contributed by atoms with Crippen LogP contribution in [0.15, 0.2) is 79.4 Å². The minimum Gasteiger partial charge on any atom is -0.490 e. The fourth-order valence-corrected chi connectivity index (χ4v) is 4.31. The van der Waals surface area contributed by atoms with Gasteiger partial charge >= 0.3 is 17.9 Å². The van der Waals surface area contributed by atoms with Gasteiger partial charge < -0.3 is 28.4 Å². The molecule has 42 heavy (non-hydrogen) atoms. The van der Waals surface area contributed by atoms with Gasteiger partial charge in [0.2, 0.25) is 0 Å². The molecule has 2 saturated heterocycles. The number of rotatable bonds is 12. The standard InChI is InChI=1S/C33H34O9/c1-21(2)25-11-5-23(6-12-25)9-15-29(34)41-27-19-39-32-28(20-40-31(27)32)42-30(35)16-10-24-7-13-26(14-8-24)37-17-18-38-33(36)22(3)4/h5-16,27-28,31-32H,1,3,17-20H2,2,4H3/b15-9+,16-10+/t27?,28-,31-,32-/m1/s1. The van der Waals surface area contributed by atoms with Gasteiger partial charge in [0.1, 0.15) is 31.2 Å². The summed E-state index contributed by atoms with van der Waals surface area (Å²) in [4.78, 5) is 36.2. The summed E-state index contributed by atoms with van der Waals surface area (Å²) in [5.74, 6) is -0.925. The molecule has 2 aliphatic rings. The van der Waals surface area contributed by atoms with Crippen LogP contribution in [-0.4, -0.2) is 68.8 Å². The summed E-state index contributed by atoms with van der Waals surface area (Å²) in [6.07, 6.45) is 3.72. The molecule has 0 spiro atoms. The molecule has 2 aromatic carbocycles. The van der Waals surface area contributed by atoms with Gasteiger partial charge in [0.15, 0.2) is 12.2 Å². The summed E-state index contributed by atoms with van der Waals surface area (Å²) in [5.41, 5.74) is 3.95. The molecule has 9 nitrogen and oxygen atoms in total. The van der Waals surface area contributed by atoms with E-state index in [1.54, 1.807) is 43.3 Å². The van der Waals surface area contributed by atoms with E-state index in [-0.39, 0.29) is 26.4 Å². The molecule has 0 bridgehead atoms. The van der Waals surface area contributed by atoms with Crippen molar-refractivity contribution in [2.24, 2.45) is 0 Å². The molecule has 1 unspecified atom stereocenters. The van der Waals surface area contributed by atoms with Crippen molar-refractivity contribution in [1.29, 1.82) is 0 Å². The van der Waals surface area contributed by atoms with Crippen molar-refractivity contribution in [3.05, 3.63) is 96.1 Å². The highest BCUT2D eigenvalue weighted by Gasteiger charge is 2.51. The number of esters is 3. The molecule has 2 heterocycles. The van der Waals surface area contributed by atoms with Crippen molar-refractivity contribution in [1.82, 2.24) is 0 Å². The SMILES string of the molecule is C=C(C)C(=O)OCCOc1ccc(/C=C/C(=O)O[C@@H]2CO[C@@H]3C(OC(=O)/C=C/c4ccc(C(=C)C)cc4)CO[C@@H]32)cc1. The Morgan fingerprint density at radius 1 is 0.786 bits per heavy atom. The van der Waals surface area contributed by atoms with Gasteiger partial charge in [0.05, 0.1) is 13.2 Å². The zero-order chi connectivity index (χ0) is 30.1. The number of allylic oxidation sites excluding steroid dienone is 1. The fourth-order valence-electron chi connectivity index (χ4n) is 4.31. The van der Waals surface area contributed by atoms with Gasteiger partial charge in [-0.2, -0.15) is 0 Å². The Hall–Kier alpha value is -4.47. The van der Waals surface area contributed by atoms with Crippen LogP contribution in [-0.2, 0) is 38.1 Å². The fraction of sp³-hybridized carbons (Fsp3) is 0.303. The molecule has 0 amide bonds. The van der Waals surface area contributed by atoms with Crippen molar-refractivity contribution < 1.29 is 42.8 Å². The lowest BCUT2D eigenvalue weighted by Gasteiger charge is -2.16. The summed E-state index contributed by atoms with van der Waals surface area (Å²) in [7, 11) is 0. The Morgan fingerprint density at radius 3 is 1.76 bits per heavy atom. The molecule has 0 radical (unpaired) electrons. The first kappa shape index (κ1) is 30.5. The van der Waals surface area contributed by atoms with E-state index in [1.165, 1.54) is 12.2 Å². The van der Waals surface area contributed by atoms with E-state index < -0.39 is 42.3 Å². The molecular weight excluding hydrogens is 540 g/mol. The Morgan fingerprint density at radius 2 is 1.29 bits per heavy atom. The highest BCUT2D eigenvalue weighted by atomic mass is 16.7. The maximum absolute atomic E-state index is 12.5. The van der Waals surface area contributed by atoms with Crippen molar-refractivity contribution in [2.75, 3.05) is 26.4 Å². The van der Waals surface area contributed by atoms with Crippen LogP contribution < -0.4 is 4.74 Å². The molecular formula is C33H34O9. The summed E-state index contributed by atoms with van der Waals surface area (Å²) in [6, 6.07) is 14.7. The van der Waals surface area contributed by atoms with Gasteiger partial charge in [0.25, 0.3) is 0 Å². The quantitative estimate of drug-likeness (QED) is 0.156. The highest BCUT2D eigenvalue weighted by molar-refractivity contribution is 5.88. The molecule has 2 aromatic rings. The van der Waals surface area contributed by atoms with E-state index in [1.807, 2.05) is 31.2 Å². The minimum absolute atomic E-state index is 0.112. The van der Waals surface area contributed by atoms with Crippen molar-refractivity contribution in [3.8, 4) is 5.75 Å². The van der Waals surface area contributed by atoms with Gasteiger partial charge in [-0.15, -0.1) is 0 Å². The van der Waals surface area contributed by atoms with E-state index in [2.05, 4.69) is 13.2 Å². The van der Waals surface area contributed by atoms with E-state index in [0.717, 1.165) is 22.3 Å². The summed E-state index contributed by atoms with van der Waals surface area (Å²) in [6.45, 7) is 11.5. The second kappa shape index (κ2) is 14.4. The van der Waals surface area contributed by atoms with Crippen LogP contribution in [0.2, 0.25) is 0 Å². The molecule has 2 fully saturated rings. The normalized spacial score (nSPS) is 21.2. The number of carbonyl (C=O) groups is 3. The van der Waals surface area contributed by atoms with Gasteiger partial charge in [-0.1, -0.05) is 55.1 Å². The van der Waals surface area contributed by atoms with E-state index in [4.69, 9.17) is 28.4 Å². The number of carbonyl (C=O) groups excluding carboxylic acids is 3. The summed E-state index contributed by atoms with van der Waals surface area (Å²) >= 11 is 0. The molecule has 4 atom stereocenters. The van der Waals surface area contributed by atoms with Crippen LogP contribution in [0.5, 0.6) is 5.75 Å². The average Bonchev–Trinajstić information content (AvgIpc) is 3.56. The lowest BCUT2D eigenvalue weighted by atomic mass is 10.1. The topological polar surface area (TPSA) is 107 Å². The van der Waals surface area contributed by atoms with Gasteiger partial charge in [0, 0.05) is 17.7 Å². The van der Waals surface area contributed by atoms with Crippen molar-refractivity contribution in [2.45, 2.75) is 38.3 Å². The van der Waals surface area contributed by atoms with Crippen LogP contribution in [0, 0.1) is 0 Å². The van der Waals surface area contributed by atoms with E-state index in [9.17, 15) is 14.4 Å². The average molecular weight is 575 g/mol. The van der Waals surface area contributed by atoms with Gasteiger partial charge in [-0.25, -0.2) is 14.4 Å². The maximum Gasteiger partial charge on any atom is 0.333 e. The molecule has 0 saturated carbocycles. The third-order valence-electron chi connectivity index (χ3n) is 6.54. The third kappa shape index (κ3) is 8.52. The first-order valence-electron chi connectivity index (χ1n) is 13.5. The van der Waals surface area contributed by atoms with E-state index >= 15 is 0 Å². The highest BCUT2D eigenvalue weighted by Crippen LogP contribution is 2.31. The first-order valence-corrected chi connectivity index (χ1v) is 13.5. The van der Waals surface area contributed by atoms with Gasteiger partial charge in [-0.05, 0) is 54.8 Å². The molecule has 2 aliphatic heterocycles. The van der Waals surface area contributed by atoms with Crippen LogP contribution in [0.4, 0.5) is 0 Å². The number of hydrogen-bond donors (Lipinski definition) is 0. The number of fused-ring (bicyclic) bond motifs is 1. The lowest BCUT2D eigenvalue weighted by Crippen LogP contribution is -2.35. The predicted molar refractivity (Wildman–Crippen MR) is 156 cm³/mol. The Bertz CT molecular complexity index is 1350. The second-order valence-corrected chi connectivity index (χ2v) is 9.95. The Kier molecular flexibility index (Phi) is 10.5. The smallest absolute Gasteiger partial charge is 0.333 e. The van der Waals surface area contributed by atoms with Crippen LogP contribution in [0.1, 0.15) is 30.5 Å². The zero-order valence-electron chi connectivity index (χ0n) is 23.7. The van der Waals surface area contributed by atoms with Crippen LogP contribution >= 0.6 is 0 Å². The van der Waals surface area contributed by atoms with Crippen LogP contribution in [0.25, 0.3) is 17.7 Å². The minimum atomic E-state index is -0.618. The molecule has 220 valence electrons. The first-order chi connectivity index (χ1) is 20.2. The lowest BCUT2D eigenvalue weighted by molar-refractivity contribution is -0.149. The predicted octanol–water partition coefficient (Wildman–Crippen LogP) is 4.57. The van der Waals surface area contributed by atoms with Crippen molar-refractivity contribution >= 4 is 35.6 Å². The van der Waals surface area contributed by atoms with E-state index in [0.29, 0.717) is 11.3 Å². The molecule has 4 rings (SSSR count). The number of ether oxygens (including phenoxy) is 6. The van der Waals surface area contributed by atoms with Gasteiger partial charge in [-0.3, -0.25) is 0 Å². The zero-order valence-corrected chi connectivity index (χ0v) is 23.7. The Labute approximate surface area is 245 Å². The molecule has 0 aromatic heterocycles. The molecule has 0 aliphatic carbocycles. The molecule has 9 heteroatoms. The molecule has 0 N–H and O–H groups in total. The van der Waals surface area contributed by atoms with Crippen molar-refractivity contribution in [3.63, 3.8) is 0 Å². The maximum atomic E-state index is 12.5. The number of benzene rings is 2. The summed E-state index contributed by atoms with van der Waals surface area (Å²) < 4.78 is 33.1. The largest absolute Gasteiger partial charge is 0.490 e. The monoisotopic (exact) mass is 574 g/mol.